The van der Waals surface area contributed by atoms with Gasteiger partial charge in [0.25, 0.3) is 5.91 Å². The van der Waals surface area contributed by atoms with Crippen LogP contribution in [0.3, 0.4) is 0 Å². The van der Waals surface area contributed by atoms with Crippen LogP contribution in [0.2, 0.25) is 0 Å². The molecule has 6 heteroatoms. The van der Waals surface area contributed by atoms with E-state index in [-0.39, 0.29) is 32.3 Å². The van der Waals surface area contributed by atoms with E-state index in [9.17, 15) is 9.59 Å². The first kappa shape index (κ1) is 17.3. The van der Waals surface area contributed by atoms with Crippen molar-refractivity contribution in [3.8, 4) is 11.5 Å². The van der Waals surface area contributed by atoms with Crippen molar-refractivity contribution < 1.29 is 23.8 Å². The van der Waals surface area contributed by atoms with Crippen molar-refractivity contribution in [1.29, 1.82) is 0 Å². The zero-order chi connectivity index (χ0) is 17.0. The average Bonchev–Trinajstić information content (AvgIpc) is 2.63. The summed E-state index contributed by atoms with van der Waals surface area (Å²) in [5, 5.41) is 2.60. The van der Waals surface area contributed by atoms with Gasteiger partial charge in [0, 0.05) is 0 Å². The summed E-state index contributed by atoms with van der Waals surface area (Å²) in [6.45, 7) is 0.0340. The summed E-state index contributed by atoms with van der Waals surface area (Å²) >= 11 is 0. The highest BCUT2D eigenvalue weighted by Gasteiger charge is 2.05. The van der Waals surface area contributed by atoms with Gasteiger partial charge in [-0.05, 0) is 24.3 Å². The lowest BCUT2D eigenvalue weighted by Gasteiger charge is -2.09. The number of carbonyl (C=O) groups excluding carboxylic acids is 2. The predicted octanol–water partition coefficient (Wildman–Crippen LogP) is 1.80. The van der Waals surface area contributed by atoms with Crippen LogP contribution in [0.1, 0.15) is 0 Å². The van der Waals surface area contributed by atoms with E-state index in [0.717, 1.165) is 0 Å². The van der Waals surface area contributed by atoms with Gasteiger partial charge in [-0.3, -0.25) is 4.79 Å². The van der Waals surface area contributed by atoms with Crippen LogP contribution in [0, 0.1) is 0 Å². The number of nitrogens with one attached hydrogen (secondary N) is 1. The van der Waals surface area contributed by atoms with Crippen LogP contribution in [0.25, 0.3) is 0 Å². The summed E-state index contributed by atoms with van der Waals surface area (Å²) in [5.41, 5.74) is 0. The second-order valence-electron chi connectivity index (χ2n) is 4.77. The SMILES string of the molecule is O=C(COc1ccccc1)NCCOC(=O)COc1ccccc1. The van der Waals surface area contributed by atoms with Gasteiger partial charge < -0.3 is 19.5 Å². The minimum absolute atomic E-state index is 0.0774. The molecule has 0 saturated carbocycles. The van der Waals surface area contributed by atoms with E-state index in [1.54, 1.807) is 24.3 Å². The third-order valence-electron chi connectivity index (χ3n) is 2.90. The Balaban J connectivity index is 1.52. The van der Waals surface area contributed by atoms with E-state index < -0.39 is 5.97 Å². The molecular formula is C18H19NO5. The zero-order valence-corrected chi connectivity index (χ0v) is 13.1. The van der Waals surface area contributed by atoms with Crippen LogP contribution in [0.5, 0.6) is 11.5 Å². The molecule has 0 aliphatic rings. The Morgan fingerprint density at radius 1 is 0.792 bits per heavy atom. The fourth-order valence-electron chi connectivity index (χ4n) is 1.77. The van der Waals surface area contributed by atoms with Gasteiger partial charge in [0.15, 0.2) is 13.2 Å². The van der Waals surface area contributed by atoms with E-state index in [2.05, 4.69) is 5.32 Å². The van der Waals surface area contributed by atoms with Gasteiger partial charge in [-0.2, -0.15) is 0 Å². The summed E-state index contributed by atoms with van der Waals surface area (Å²) < 4.78 is 15.5. The number of hydrogen-bond donors (Lipinski definition) is 1. The minimum atomic E-state index is -0.492. The first-order valence-electron chi connectivity index (χ1n) is 7.52. The zero-order valence-electron chi connectivity index (χ0n) is 13.1. The smallest absolute Gasteiger partial charge is 0.344 e. The normalized spacial score (nSPS) is 9.83. The van der Waals surface area contributed by atoms with Crippen molar-refractivity contribution in [1.82, 2.24) is 5.32 Å². The highest BCUT2D eigenvalue weighted by Crippen LogP contribution is 2.08. The van der Waals surface area contributed by atoms with E-state index in [0.29, 0.717) is 11.5 Å². The fourth-order valence-corrected chi connectivity index (χ4v) is 1.77. The molecule has 0 unspecified atom stereocenters. The van der Waals surface area contributed by atoms with E-state index in [1.165, 1.54) is 0 Å². The molecule has 1 N–H and O–H groups in total. The topological polar surface area (TPSA) is 73.9 Å². The second kappa shape index (κ2) is 9.89. The van der Waals surface area contributed by atoms with Gasteiger partial charge in [0.2, 0.25) is 0 Å². The number of benzene rings is 2. The van der Waals surface area contributed by atoms with Crippen molar-refractivity contribution in [2.75, 3.05) is 26.4 Å². The molecule has 0 saturated heterocycles. The van der Waals surface area contributed by atoms with E-state index in [1.807, 2.05) is 36.4 Å². The molecule has 0 bridgehead atoms. The third kappa shape index (κ3) is 6.83. The van der Waals surface area contributed by atoms with Crippen molar-refractivity contribution >= 4 is 11.9 Å². The molecule has 2 aromatic carbocycles. The quantitative estimate of drug-likeness (QED) is 0.561. The summed E-state index contributed by atoms with van der Waals surface area (Å²) in [4.78, 5) is 23.1. The molecule has 0 atom stereocenters. The number of rotatable bonds is 9. The Bertz CT molecular complexity index is 573. The van der Waals surface area contributed by atoms with Crippen LogP contribution in [0.15, 0.2) is 60.7 Å². The van der Waals surface area contributed by atoms with Gasteiger partial charge in [-0.1, -0.05) is 36.4 Å². The number of ether oxygens (including phenoxy) is 3. The maximum Gasteiger partial charge on any atom is 0.344 e. The maximum atomic E-state index is 11.6. The first-order valence-corrected chi connectivity index (χ1v) is 7.52. The highest BCUT2D eigenvalue weighted by molar-refractivity contribution is 5.77. The van der Waals surface area contributed by atoms with Crippen molar-refractivity contribution in [3.63, 3.8) is 0 Å². The molecular weight excluding hydrogens is 310 g/mol. The van der Waals surface area contributed by atoms with Crippen LogP contribution in [-0.4, -0.2) is 38.2 Å². The number of esters is 1. The molecule has 2 aromatic rings. The number of carbonyl (C=O) groups is 2. The number of para-hydroxylation sites is 2. The lowest BCUT2D eigenvalue weighted by atomic mass is 10.3. The predicted molar refractivity (Wildman–Crippen MR) is 87.8 cm³/mol. The molecule has 24 heavy (non-hydrogen) atoms. The molecule has 1 amide bonds. The molecule has 0 fully saturated rings. The Morgan fingerprint density at radius 2 is 1.33 bits per heavy atom. The molecule has 0 heterocycles. The second-order valence-corrected chi connectivity index (χ2v) is 4.77. The molecule has 6 nitrogen and oxygen atoms in total. The fraction of sp³-hybridized carbons (Fsp3) is 0.222. The maximum absolute atomic E-state index is 11.6. The minimum Gasteiger partial charge on any atom is -0.484 e. The van der Waals surface area contributed by atoms with Crippen molar-refractivity contribution in [3.05, 3.63) is 60.7 Å². The summed E-state index contributed by atoms with van der Waals surface area (Å²) in [5.74, 6) is 0.446. The number of amides is 1. The Labute approximate surface area is 140 Å². The lowest BCUT2D eigenvalue weighted by Crippen LogP contribution is -2.32. The summed E-state index contributed by atoms with van der Waals surface area (Å²) in [7, 11) is 0. The van der Waals surface area contributed by atoms with Gasteiger partial charge in [-0.15, -0.1) is 0 Å². The number of hydrogen-bond acceptors (Lipinski definition) is 5. The first-order chi connectivity index (χ1) is 11.7. The standard InChI is InChI=1S/C18H19NO5/c20-17(13-23-15-7-3-1-4-8-15)19-11-12-22-18(21)14-24-16-9-5-2-6-10-16/h1-10H,11-14H2,(H,19,20). The van der Waals surface area contributed by atoms with E-state index >= 15 is 0 Å². The van der Waals surface area contributed by atoms with Gasteiger partial charge in [0.05, 0.1) is 6.54 Å². The van der Waals surface area contributed by atoms with Crippen LogP contribution in [0.4, 0.5) is 0 Å². The molecule has 0 aromatic heterocycles. The Kier molecular flexibility index (Phi) is 7.14. The Morgan fingerprint density at radius 3 is 1.92 bits per heavy atom. The van der Waals surface area contributed by atoms with Gasteiger partial charge in [0.1, 0.15) is 18.1 Å². The summed E-state index contributed by atoms with van der Waals surface area (Å²) in [6.07, 6.45) is 0. The molecule has 0 radical (unpaired) electrons. The van der Waals surface area contributed by atoms with Crippen LogP contribution in [-0.2, 0) is 14.3 Å². The van der Waals surface area contributed by atoms with E-state index in [4.69, 9.17) is 14.2 Å². The van der Waals surface area contributed by atoms with Crippen molar-refractivity contribution in [2.24, 2.45) is 0 Å². The molecule has 0 spiro atoms. The monoisotopic (exact) mass is 329 g/mol. The summed E-state index contributed by atoms with van der Waals surface area (Å²) in [6, 6.07) is 18.0. The van der Waals surface area contributed by atoms with Crippen LogP contribution >= 0.6 is 0 Å². The lowest BCUT2D eigenvalue weighted by molar-refractivity contribution is -0.146. The van der Waals surface area contributed by atoms with Crippen LogP contribution < -0.4 is 14.8 Å². The highest BCUT2D eigenvalue weighted by atomic mass is 16.6. The van der Waals surface area contributed by atoms with Crippen molar-refractivity contribution in [2.45, 2.75) is 0 Å². The molecule has 0 aliphatic heterocycles. The Hall–Kier alpha value is -3.02. The molecule has 2 rings (SSSR count). The molecule has 126 valence electrons. The largest absolute Gasteiger partial charge is 0.484 e. The van der Waals surface area contributed by atoms with Gasteiger partial charge in [-0.25, -0.2) is 4.79 Å². The average molecular weight is 329 g/mol. The molecule has 0 aliphatic carbocycles. The van der Waals surface area contributed by atoms with Gasteiger partial charge >= 0.3 is 5.97 Å². The third-order valence-corrected chi connectivity index (χ3v) is 2.90.